The molecule has 4 heteroatoms. The Hall–Kier alpha value is -1.00. The first kappa shape index (κ1) is 15.4. The average molecular weight is 293 g/mol. The number of ether oxygens (including phenoxy) is 1. The van der Waals surface area contributed by atoms with Crippen molar-refractivity contribution >= 4 is 17.7 Å². The van der Waals surface area contributed by atoms with Gasteiger partial charge in [-0.15, -0.1) is 0 Å². The highest BCUT2D eigenvalue weighted by Crippen LogP contribution is 2.27. The monoisotopic (exact) mass is 293 g/mol. The summed E-state index contributed by atoms with van der Waals surface area (Å²) >= 11 is 1.91. The highest BCUT2D eigenvalue weighted by Gasteiger charge is 2.22. The molecule has 0 bridgehead atoms. The fraction of sp³-hybridized carbons (Fsp3) is 0.562. The van der Waals surface area contributed by atoms with Crippen LogP contribution in [-0.4, -0.2) is 30.6 Å². The zero-order valence-corrected chi connectivity index (χ0v) is 13.0. The fourth-order valence-corrected chi connectivity index (χ4v) is 3.56. The van der Waals surface area contributed by atoms with E-state index in [0.29, 0.717) is 17.9 Å². The van der Waals surface area contributed by atoms with Gasteiger partial charge in [0.05, 0.1) is 6.61 Å². The van der Waals surface area contributed by atoms with E-state index in [2.05, 4.69) is 11.6 Å². The van der Waals surface area contributed by atoms with Crippen LogP contribution in [0.2, 0.25) is 0 Å². The maximum atomic E-state index is 12.3. The van der Waals surface area contributed by atoms with Crippen molar-refractivity contribution in [2.45, 2.75) is 43.6 Å². The largest absolute Gasteiger partial charge is 0.380 e. The predicted octanol–water partition coefficient (Wildman–Crippen LogP) is 3.24. The topological polar surface area (TPSA) is 38.3 Å². The molecule has 0 aliphatic heterocycles. The molecule has 20 heavy (non-hydrogen) atoms. The van der Waals surface area contributed by atoms with E-state index in [9.17, 15) is 4.79 Å². The van der Waals surface area contributed by atoms with Crippen LogP contribution in [0.1, 0.15) is 41.6 Å². The van der Waals surface area contributed by atoms with Crippen molar-refractivity contribution in [2.24, 2.45) is 0 Å². The third-order valence-electron chi connectivity index (χ3n) is 3.79. The molecule has 1 aromatic carbocycles. The zero-order valence-electron chi connectivity index (χ0n) is 12.2. The summed E-state index contributed by atoms with van der Waals surface area (Å²) in [6, 6.07) is 7.98. The third kappa shape index (κ3) is 4.25. The molecule has 0 spiro atoms. The van der Waals surface area contributed by atoms with E-state index < -0.39 is 0 Å². The second-order valence-corrected chi connectivity index (χ2v) is 6.47. The van der Waals surface area contributed by atoms with Gasteiger partial charge in [-0.1, -0.05) is 18.6 Å². The second-order valence-electron chi connectivity index (χ2n) is 5.33. The molecule has 1 saturated carbocycles. The van der Waals surface area contributed by atoms with Crippen LogP contribution in [0.5, 0.6) is 0 Å². The molecule has 1 N–H and O–H groups in total. The van der Waals surface area contributed by atoms with Crippen LogP contribution in [0.25, 0.3) is 0 Å². The third-order valence-corrected chi connectivity index (χ3v) is 4.89. The van der Waals surface area contributed by atoms with Crippen LogP contribution in [0.4, 0.5) is 0 Å². The lowest BCUT2D eigenvalue weighted by Crippen LogP contribution is -2.39. The minimum Gasteiger partial charge on any atom is -0.380 e. The molecule has 0 unspecified atom stereocenters. The van der Waals surface area contributed by atoms with E-state index in [1.54, 1.807) is 7.11 Å². The average Bonchev–Trinajstić information content (AvgIpc) is 2.48. The van der Waals surface area contributed by atoms with Crippen LogP contribution in [0.15, 0.2) is 24.3 Å². The number of hydrogen-bond donors (Lipinski definition) is 1. The van der Waals surface area contributed by atoms with Gasteiger partial charge in [0, 0.05) is 24.0 Å². The standard InChI is InChI=1S/C16H23NO2S/c1-19-11-12-5-3-6-13(9-12)16(18)17-14-7-4-8-15(10-14)20-2/h3,5-6,9,14-15H,4,7-8,10-11H2,1-2H3,(H,17,18)/t14-,15+/m1/s1. The lowest BCUT2D eigenvalue weighted by atomic mass is 9.94. The van der Waals surface area contributed by atoms with Crippen LogP contribution < -0.4 is 5.32 Å². The smallest absolute Gasteiger partial charge is 0.251 e. The summed E-state index contributed by atoms with van der Waals surface area (Å²) in [6.45, 7) is 0.541. The van der Waals surface area contributed by atoms with Gasteiger partial charge in [0.15, 0.2) is 0 Å². The number of rotatable bonds is 5. The first-order chi connectivity index (χ1) is 9.72. The van der Waals surface area contributed by atoms with E-state index >= 15 is 0 Å². The summed E-state index contributed by atoms with van der Waals surface area (Å²) in [4.78, 5) is 12.3. The molecule has 2 rings (SSSR count). The van der Waals surface area contributed by atoms with Crippen molar-refractivity contribution < 1.29 is 9.53 Å². The highest BCUT2D eigenvalue weighted by atomic mass is 32.2. The Kier molecular flexibility index (Phi) is 5.92. The number of amides is 1. The molecule has 1 aliphatic carbocycles. The van der Waals surface area contributed by atoms with Crippen LogP contribution >= 0.6 is 11.8 Å². The van der Waals surface area contributed by atoms with Gasteiger partial charge in [0.25, 0.3) is 5.91 Å². The number of methoxy groups -OCH3 is 1. The molecule has 3 nitrogen and oxygen atoms in total. The molecule has 1 aliphatic rings. The quantitative estimate of drug-likeness (QED) is 0.905. The normalized spacial score (nSPS) is 22.5. The van der Waals surface area contributed by atoms with Gasteiger partial charge in [-0.2, -0.15) is 11.8 Å². The molecule has 0 radical (unpaired) electrons. The minimum atomic E-state index is 0.0368. The Bertz CT molecular complexity index is 450. The second kappa shape index (κ2) is 7.70. The molecular weight excluding hydrogens is 270 g/mol. The van der Waals surface area contributed by atoms with Crippen LogP contribution in [0.3, 0.4) is 0 Å². The molecule has 0 aromatic heterocycles. The van der Waals surface area contributed by atoms with Gasteiger partial charge in [0.1, 0.15) is 0 Å². The van der Waals surface area contributed by atoms with Gasteiger partial charge in [-0.25, -0.2) is 0 Å². The summed E-state index contributed by atoms with van der Waals surface area (Å²) < 4.78 is 5.11. The number of benzene rings is 1. The molecule has 110 valence electrons. The molecule has 1 fully saturated rings. The Labute approximate surface area is 125 Å². The molecule has 0 saturated heterocycles. The van der Waals surface area contributed by atoms with Crippen molar-refractivity contribution in [3.63, 3.8) is 0 Å². The minimum absolute atomic E-state index is 0.0368. The summed E-state index contributed by atoms with van der Waals surface area (Å²) in [5, 5.41) is 3.86. The van der Waals surface area contributed by atoms with Crippen LogP contribution in [-0.2, 0) is 11.3 Å². The summed E-state index contributed by atoms with van der Waals surface area (Å²) in [6.07, 6.45) is 6.82. The number of hydrogen-bond acceptors (Lipinski definition) is 3. The molecular formula is C16H23NO2S. The van der Waals surface area contributed by atoms with Gasteiger partial charge in [-0.3, -0.25) is 4.79 Å². The molecule has 0 heterocycles. The Morgan fingerprint density at radius 3 is 3.05 bits per heavy atom. The van der Waals surface area contributed by atoms with Gasteiger partial charge < -0.3 is 10.1 Å². The lowest BCUT2D eigenvalue weighted by Gasteiger charge is -2.28. The van der Waals surface area contributed by atoms with E-state index in [4.69, 9.17) is 4.74 Å². The molecule has 1 aromatic rings. The molecule has 2 atom stereocenters. The maximum Gasteiger partial charge on any atom is 0.251 e. The number of carbonyl (C=O) groups excluding carboxylic acids is 1. The number of carbonyl (C=O) groups is 1. The SMILES string of the molecule is COCc1cccc(C(=O)N[C@@H]2CCC[C@H](SC)C2)c1. The predicted molar refractivity (Wildman–Crippen MR) is 84.2 cm³/mol. The summed E-state index contributed by atoms with van der Waals surface area (Å²) in [5.41, 5.74) is 1.76. The van der Waals surface area contributed by atoms with Crippen LogP contribution in [0, 0.1) is 0 Å². The zero-order chi connectivity index (χ0) is 14.4. The first-order valence-electron chi connectivity index (χ1n) is 7.14. The van der Waals surface area contributed by atoms with E-state index in [-0.39, 0.29) is 5.91 Å². The number of nitrogens with one attached hydrogen (secondary N) is 1. The van der Waals surface area contributed by atoms with Gasteiger partial charge >= 0.3 is 0 Å². The summed E-state index contributed by atoms with van der Waals surface area (Å²) in [5.74, 6) is 0.0368. The Morgan fingerprint density at radius 1 is 1.45 bits per heavy atom. The van der Waals surface area contributed by atoms with E-state index in [1.165, 1.54) is 12.8 Å². The van der Waals surface area contributed by atoms with Crippen molar-refractivity contribution in [1.82, 2.24) is 5.32 Å². The van der Waals surface area contributed by atoms with E-state index in [0.717, 1.165) is 24.0 Å². The molecule has 1 amide bonds. The van der Waals surface area contributed by atoms with E-state index in [1.807, 2.05) is 36.0 Å². The first-order valence-corrected chi connectivity index (χ1v) is 8.43. The Morgan fingerprint density at radius 2 is 2.30 bits per heavy atom. The van der Waals surface area contributed by atoms with Crippen molar-refractivity contribution in [3.8, 4) is 0 Å². The highest BCUT2D eigenvalue weighted by molar-refractivity contribution is 7.99. The fourth-order valence-electron chi connectivity index (χ4n) is 2.73. The van der Waals surface area contributed by atoms with Crippen molar-refractivity contribution in [1.29, 1.82) is 0 Å². The Balaban J connectivity index is 1.95. The lowest BCUT2D eigenvalue weighted by molar-refractivity contribution is 0.0928. The summed E-state index contributed by atoms with van der Waals surface area (Å²) in [7, 11) is 1.66. The van der Waals surface area contributed by atoms with Crippen molar-refractivity contribution in [3.05, 3.63) is 35.4 Å². The van der Waals surface area contributed by atoms with Gasteiger partial charge in [0.2, 0.25) is 0 Å². The maximum absolute atomic E-state index is 12.3. The van der Waals surface area contributed by atoms with Crippen molar-refractivity contribution in [2.75, 3.05) is 13.4 Å². The number of thioether (sulfide) groups is 1. The van der Waals surface area contributed by atoms with Gasteiger partial charge in [-0.05, 0) is 43.2 Å².